The molecule has 5 heteroatoms. The fourth-order valence-corrected chi connectivity index (χ4v) is 4.32. The Balaban J connectivity index is 1.52. The average molecular weight is 364 g/mol. The molecule has 0 radical (unpaired) electrons. The first-order chi connectivity index (χ1) is 13.1. The van der Waals surface area contributed by atoms with Crippen LogP contribution in [0.25, 0.3) is 6.08 Å². The highest BCUT2D eigenvalue weighted by molar-refractivity contribution is 6.05. The van der Waals surface area contributed by atoms with Gasteiger partial charge in [-0.05, 0) is 62.3 Å². The average Bonchev–Trinajstić information content (AvgIpc) is 3.39. The second kappa shape index (κ2) is 7.43. The van der Waals surface area contributed by atoms with E-state index in [0.29, 0.717) is 17.2 Å². The van der Waals surface area contributed by atoms with E-state index in [-0.39, 0.29) is 23.6 Å². The van der Waals surface area contributed by atoms with E-state index in [1.165, 1.54) is 19.3 Å². The maximum atomic E-state index is 12.9. The van der Waals surface area contributed by atoms with Crippen LogP contribution in [-0.2, 0) is 4.79 Å². The van der Waals surface area contributed by atoms with Crippen molar-refractivity contribution in [3.8, 4) is 0 Å². The predicted octanol–water partition coefficient (Wildman–Crippen LogP) is 3.66. The molecule has 2 saturated carbocycles. The molecule has 3 atom stereocenters. The van der Waals surface area contributed by atoms with Gasteiger partial charge < -0.3 is 15.1 Å². The van der Waals surface area contributed by atoms with Crippen LogP contribution >= 0.6 is 0 Å². The highest BCUT2D eigenvalue weighted by atomic mass is 16.3. The predicted molar refractivity (Wildman–Crippen MR) is 103 cm³/mol. The Morgan fingerprint density at radius 1 is 1.15 bits per heavy atom. The monoisotopic (exact) mass is 364 g/mol. The largest absolute Gasteiger partial charge is 0.465 e. The molecule has 5 nitrogen and oxygen atoms in total. The lowest BCUT2D eigenvalue weighted by Gasteiger charge is -2.23. The highest BCUT2D eigenvalue weighted by Gasteiger charge is 2.40. The second-order valence-corrected chi connectivity index (χ2v) is 7.65. The lowest BCUT2D eigenvalue weighted by atomic mass is 9.95. The molecule has 4 rings (SSSR count). The van der Waals surface area contributed by atoms with E-state index in [1.54, 1.807) is 36.6 Å². The number of fused-ring (bicyclic) bond motifs is 2. The molecule has 2 aliphatic rings. The molecule has 2 bridgehead atoms. The first-order valence-corrected chi connectivity index (χ1v) is 9.52. The van der Waals surface area contributed by atoms with Crippen LogP contribution in [0.5, 0.6) is 0 Å². The molecule has 2 aromatic rings. The van der Waals surface area contributed by atoms with Gasteiger partial charge in [-0.1, -0.05) is 24.1 Å². The maximum Gasteiger partial charge on any atom is 0.268 e. The van der Waals surface area contributed by atoms with Gasteiger partial charge in [-0.25, -0.2) is 0 Å². The van der Waals surface area contributed by atoms with Gasteiger partial charge in [0.15, 0.2) is 0 Å². The Bertz CT molecular complexity index is 869. The van der Waals surface area contributed by atoms with Gasteiger partial charge in [0.05, 0.1) is 6.26 Å². The third kappa shape index (κ3) is 3.97. The minimum absolute atomic E-state index is 0.201. The third-order valence-electron chi connectivity index (χ3n) is 5.66. The third-order valence-corrected chi connectivity index (χ3v) is 5.66. The highest BCUT2D eigenvalue weighted by Crippen LogP contribution is 2.44. The minimum atomic E-state index is -0.306. The number of amides is 2. The number of carbonyl (C=O) groups is 2. The Morgan fingerprint density at radius 3 is 2.70 bits per heavy atom. The minimum Gasteiger partial charge on any atom is -0.465 e. The summed E-state index contributed by atoms with van der Waals surface area (Å²) in [4.78, 5) is 25.5. The van der Waals surface area contributed by atoms with Crippen LogP contribution in [0.4, 0.5) is 0 Å². The number of benzene rings is 1. The molecule has 140 valence electrons. The molecule has 2 amide bonds. The van der Waals surface area contributed by atoms with Gasteiger partial charge in [0.25, 0.3) is 11.8 Å². The normalized spacial score (nSPS) is 24.0. The summed E-state index contributed by atoms with van der Waals surface area (Å²) >= 11 is 0. The van der Waals surface area contributed by atoms with Crippen LogP contribution in [0, 0.1) is 18.8 Å². The first-order valence-electron chi connectivity index (χ1n) is 9.52. The number of rotatable bonds is 5. The van der Waals surface area contributed by atoms with Crippen LogP contribution in [0.15, 0.2) is 52.8 Å². The molecule has 27 heavy (non-hydrogen) atoms. The zero-order valence-electron chi connectivity index (χ0n) is 15.4. The number of nitrogens with one attached hydrogen (secondary N) is 2. The van der Waals surface area contributed by atoms with Crippen molar-refractivity contribution < 1.29 is 14.0 Å². The van der Waals surface area contributed by atoms with Gasteiger partial charge in [0.1, 0.15) is 11.5 Å². The van der Waals surface area contributed by atoms with Gasteiger partial charge in [0.2, 0.25) is 0 Å². The van der Waals surface area contributed by atoms with Crippen molar-refractivity contribution in [2.75, 3.05) is 0 Å². The SMILES string of the molecule is Cc1cccc(C(=O)N/C(=C\c2ccco2)C(=O)N[C@@H]2C[C@H]3CC[C@H]2C3)c1. The number of hydrogen-bond donors (Lipinski definition) is 2. The molecular formula is C22H24N2O3. The smallest absolute Gasteiger partial charge is 0.268 e. The molecule has 2 N–H and O–H groups in total. The zero-order chi connectivity index (χ0) is 18.8. The van der Waals surface area contributed by atoms with Crippen molar-refractivity contribution in [3.05, 3.63) is 65.2 Å². The molecule has 1 heterocycles. The molecule has 0 spiro atoms. The number of hydrogen-bond acceptors (Lipinski definition) is 3. The van der Waals surface area contributed by atoms with Gasteiger partial charge in [-0.15, -0.1) is 0 Å². The van der Waals surface area contributed by atoms with Crippen molar-refractivity contribution in [1.82, 2.24) is 10.6 Å². The van der Waals surface area contributed by atoms with Crippen LogP contribution < -0.4 is 10.6 Å². The number of aryl methyl sites for hydroxylation is 1. The fraction of sp³-hybridized carbons (Fsp3) is 0.364. The van der Waals surface area contributed by atoms with Crippen molar-refractivity contribution in [2.45, 2.75) is 38.6 Å². The van der Waals surface area contributed by atoms with E-state index in [2.05, 4.69) is 10.6 Å². The van der Waals surface area contributed by atoms with Crippen molar-refractivity contribution in [2.24, 2.45) is 11.8 Å². The van der Waals surface area contributed by atoms with Crippen LogP contribution in [0.2, 0.25) is 0 Å². The zero-order valence-corrected chi connectivity index (χ0v) is 15.4. The second-order valence-electron chi connectivity index (χ2n) is 7.65. The van der Waals surface area contributed by atoms with Crippen LogP contribution in [-0.4, -0.2) is 17.9 Å². The molecule has 1 aromatic heterocycles. The van der Waals surface area contributed by atoms with Crippen molar-refractivity contribution >= 4 is 17.9 Å². The Morgan fingerprint density at radius 2 is 2.04 bits per heavy atom. The van der Waals surface area contributed by atoms with Crippen LogP contribution in [0.1, 0.15) is 47.4 Å². The Kier molecular flexibility index (Phi) is 4.84. The summed E-state index contributed by atoms with van der Waals surface area (Å²) in [6.45, 7) is 1.93. The first kappa shape index (κ1) is 17.6. The van der Waals surface area contributed by atoms with Gasteiger partial charge in [0, 0.05) is 17.7 Å². The molecule has 0 unspecified atom stereocenters. The van der Waals surface area contributed by atoms with E-state index in [9.17, 15) is 9.59 Å². The van der Waals surface area contributed by atoms with Crippen LogP contribution in [0.3, 0.4) is 0 Å². The quantitative estimate of drug-likeness (QED) is 0.796. The van der Waals surface area contributed by atoms with E-state index in [0.717, 1.165) is 17.9 Å². The summed E-state index contributed by atoms with van der Waals surface area (Å²) in [5, 5.41) is 5.89. The molecule has 0 aliphatic heterocycles. The molecule has 1 aromatic carbocycles. The lowest BCUT2D eigenvalue weighted by Crippen LogP contribution is -2.42. The summed E-state index contributed by atoms with van der Waals surface area (Å²) in [7, 11) is 0. The van der Waals surface area contributed by atoms with Gasteiger partial charge in [-0.2, -0.15) is 0 Å². The van der Waals surface area contributed by atoms with Crippen molar-refractivity contribution in [3.63, 3.8) is 0 Å². The molecule has 2 fully saturated rings. The summed E-state index contributed by atoms with van der Waals surface area (Å²) in [6, 6.07) is 11.0. The maximum absolute atomic E-state index is 12.9. The summed E-state index contributed by atoms with van der Waals surface area (Å²) < 4.78 is 5.33. The van der Waals surface area contributed by atoms with E-state index in [1.807, 2.05) is 19.1 Å². The van der Waals surface area contributed by atoms with E-state index >= 15 is 0 Å². The molecule has 2 aliphatic carbocycles. The number of furan rings is 1. The Hall–Kier alpha value is -2.82. The molecular weight excluding hydrogens is 340 g/mol. The lowest BCUT2D eigenvalue weighted by molar-refractivity contribution is -0.118. The van der Waals surface area contributed by atoms with E-state index in [4.69, 9.17) is 4.42 Å². The summed E-state index contributed by atoms with van der Waals surface area (Å²) in [5.74, 6) is 1.26. The fourth-order valence-electron chi connectivity index (χ4n) is 4.32. The topological polar surface area (TPSA) is 71.3 Å². The summed E-state index contributed by atoms with van der Waals surface area (Å²) in [5.41, 5.74) is 1.72. The molecule has 0 saturated heterocycles. The van der Waals surface area contributed by atoms with Gasteiger partial charge in [-0.3, -0.25) is 9.59 Å². The Labute approximate surface area is 158 Å². The van der Waals surface area contributed by atoms with E-state index < -0.39 is 0 Å². The van der Waals surface area contributed by atoms with Gasteiger partial charge >= 0.3 is 0 Å². The standard InChI is InChI=1S/C22H24N2O3/c1-14-4-2-5-17(10-14)21(25)24-20(13-18-6-3-9-27-18)22(26)23-19-12-15-7-8-16(19)11-15/h2-6,9-10,13,15-16,19H,7-8,11-12H2,1H3,(H,23,26)(H,24,25)/b20-13-/t15-,16-,19+/m0/s1. The summed E-state index contributed by atoms with van der Waals surface area (Å²) in [6.07, 6.45) is 7.82. The number of carbonyl (C=O) groups excluding carboxylic acids is 2. The van der Waals surface area contributed by atoms with Crippen molar-refractivity contribution in [1.29, 1.82) is 0 Å².